The molecule has 1 saturated carbocycles. The molecule has 1 aliphatic heterocycles. The minimum absolute atomic E-state index is 0.0914. The number of carbonyl (C=O) groups excluding carboxylic acids is 2. The van der Waals surface area contributed by atoms with E-state index in [2.05, 4.69) is 12.1 Å². The maximum Gasteiger partial charge on any atom is 0.148 e. The maximum atomic E-state index is 13.1. The number of aryl methyl sites for hydroxylation is 2. The number of ketones is 2. The summed E-state index contributed by atoms with van der Waals surface area (Å²) in [6.45, 7) is 5.63. The number of benzene rings is 2. The molecule has 30 heavy (non-hydrogen) atoms. The van der Waals surface area contributed by atoms with Crippen molar-refractivity contribution in [3.8, 4) is 11.1 Å². The van der Waals surface area contributed by atoms with E-state index in [0.717, 1.165) is 60.3 Å². The number of ether oxygens (including phenoxy) is 1. The highest BCUT2D eigenvalue weighted by Gasteiger charge is 2.38. The summed E-state index contributed by atoms with van der Waals surface area (Å²) in [4.78, 5) is 26.2. The molecule has 4 rings (SSSR count). The lowest BCUT2D eigenvalue weighted by atomic mass is 9.71. The average molecular weight is 425 g/mol. The van der Waals surface area contributed by atoms with E-state index in [-0.39, 0.29) is 17.5 Å². The number of hydrogen-bond acceptors (Lipinski definition) is 3. The van der Waals surface area contributed by atoms with Gasteiger partial charge in [0.25, 0.3) is 0 Å². The highest BCUT2D eigenvalue weighted by atomic mass is 35.5. The van der Waals surface area contributed by atoms with Crippen LogP contribution in [0.5, 0.6) is 0 Å². The second kappa shape index (κ2) is 9.03. The lowest BCUT2D eigenvalue weighted by molar-refractivity contribution is -0.134. The van der Waals surface area contributed by atoms with Crippen molar-refractivity contribution in [1.29, 1.82) is 0 Å². The average Bonchev–Trinajstić information content (AvgIpc) is 2.70. The van der Waals surface area contributed by atoms with Crippen molar-refractivity contribution in [2.75, 3.05) is 13.2 Å². The van der Waals surface area contributed by atoms with Gasteiger partial charge in [0.05, 0.1) is 0 Å². The zero-order valence-corrected chi connectivity index (χ0v) is 18.5. The van der Waals surface area contributed by atoms with Crippen LogP contribution in [-0.2, 0) is 14.3 Å². The minimum atomic E-state index is -0.602. The van der Waals surface area contributed by atoms with Gasteiger partial charge in [-0.25, -0.2) is 0 Å². The molecule has 0 unspecified atom stereocenters. The van der Waals surface area contributed by atoms with Gasteiger partial charge in [-0.05, 0) is 84.9 Å². The van der Waals surface area contributed by atoms with E-state index in [1.165, 1.54) is 0 Å². The molecule has 2 aromatic carbocycles. The van der Waals surface area contributed by atoms with Crippen LogP contribution in [0.2, 0.25) is 5.02 Å². The molecule has 1 aliphatic carbocycles. The highest BCUT2D eigenvalue weighted by Crippen LogP contribution is 2.39. The van der Waals surface area contributed by atoms with Crippen molar-refractivity contribution in [3.63, 3.8) is 0 Å². The fourth-order valence-electron chi connectivity index (χ4n) is 5.24. The topological polar surface area (TPSA) is 43.4 Å². The third kappa shape index (κ3) is 4.53. The Labute approximate surface area is 183 Å². The van der Waals surface area contributed by atoms with Gasteiger partial charge in [0, 0.05) is 31.1 Å². The van der Waals surface area contributed by atoms with Crippen LogP contribution < -0.4 is 0 Å². The maximum absolute atomic E-state index is 13.1. The van der Waals surface area contributed by atoms with E-state index in [4.69, 9.17) is 16.3 Å². The normalized spacial score (nSPS) is 23.0. The Morgan fingerprint density at radius 1 is 0.867 bits per heavy atom. The number of hydrogen-bond donors (Lipinski definition) is 0. The van der Waals surface area contributed by atoms with Gasteiger partial charge in [0.2, 0.25) is 0 Å². The first-order valence-electron chi connectivity index (χ1n) is 10.9. The van der Waals surface area contributed by atoms with Crippen molar-refractivity contribution in [2.24, 2.45) is 11.8 Å². The van der Waals surface area contributed by atoms with E-state index in [1.807, 2.05) is 38.1 Å². The third-order valence-electron chi connectivity index (χ3n) is 6.69. The van der Waals surface area contributed by atoms with Crippen LogP contribution in [0.15, 0.2) is 36.4 Å². The number of Topliss-reactive ketones (excluding diaryl/α,β-unsaturated/α-hetero) is 2. The predicted molar refractivity (Wildman–Crippen MR) is 120 cm³/mol. The molecule has 0 spiro atoms. The summed E-state index contributed by atoms with van der Waals surface area (Å²) in [5.41, 5.74) is 5.09. The van der Waals surface area contributed by atoms with Gasteiger partial charge in [-0.15, -0.1) is 0 Å². The van der Waals surface area contributed by atoms with Gasteiger partial charge in [0.15, 0.2) is 0 Å². The molecule has 3 nitrogen and oxygen atoms in total. The fourth-order valence-corrected chi connectivity index (χ4v) is 5.36. The van der Waals surface area contributed by atoms with Crippen LogP contribution in [0.4, 0.5) is 0 Å². The molecule has 2 fully saturated rings. The molecule has 0 bridgehead atoms. The smallest absolute Gasteiger partial charge is 0.148 e. The van der Waals surface area contributed by atoms with Gasteiger partial charge in [-0.2, -0.15) is 0 Å². The predicted octanol–water partition coefficient (Wildman–Crippen LogP) is 6.07. The largest absolute Gasteiger partial charge is 0.381 e. The van der Waals surface area contributed by atoms with Crippen molar-refractivity contribution in [3.05, 3.63) is 58.1 Å². The van der Waals surface area contributed by atoms with Crippen LogP contribution in [0.25, 0.3) is 11.1 Å². The van der Waals surface area contributed by atoms with Crippen molar-refractivity contribution >= 4 is 23.2 Å². The summed E-state index contributed by atoms with van der Waals surface area (Å²) >= 11 is 6.01. The lowest BCUT2D eigenvalue weighted by Gasteiger charge is -2.32. The molecule has 1 saturated heterocycles. The molecule has 0 aromatic heterocycles. The molecule has 2 aliphatic rings. The zero-order chi connectivity index (χ0) is 21.3. The fraction of sp³-hybridized carbons (Fsp3) is 0.462. The second-order valence-electron chi connectivity index (χ2n) is 8.96. The van der Waals surface area contributed by atoms with Gasteiger partial charge < -0.3 is 4.74 Å². The Morgan fingerprint density at radius 3 is 2.00 bits per heavy atom. The summed E-state index contributed by atoms with van der Waals surface area (Å²) in [5, 5.41) is 0.706. The van der Waals surface area contributed by atoms with Gasteiger partial charge in [0.1, 0.15) is 17.5 Å². The number of rotatable bonds is 4. The van der Waals surface area contributed by atoms with Crippen LogP contribution in [-0.4, -0.2) is 24.8 Å². The molecule has 0 amide bonds. The molecule has 0 N–H and O–H groups in total. The second-order valence-corrected chi connectivity index (χ2v) is 9.40. The van der Waals surface area contributed by atoms with Crippen LogP contribution >= 0.6 is 11.6 Å². The summed E-state index contributed by atoms with van der Waals surface area (Å²) in [6.07, 6.45) is 4.11. The standard InChI is InChI=1S/C26H29ClO3/c1-16-11-21(20-3-5-22(27)6-4-20)12-17(2)25(16)26-23(28)14-19(15-24(26)29)13-18-7-9-30-10-8-18/h3-6,11-12,18-19,26H,7-10,13-15H2,1-2H3. The van der Waals surface area contributed by atoms with Gasteiger partial charge >= 0.3 is 0 Å². The molecule has 0 radical (unpaired) electrons. The minimum Gasteiger partial charge on any atom is -0.381 e. The van der Waals surface area contributed by atoms with Crippen LogP contribution in [0, 0.1) is 25.7 Å². The van der Waals surface area contributed by atoms with E-state index in [1.54, 1.807) is 0 Å². The summed E-state index contributed by atoms with van der Waals surface area (Å²) < 4.78 is 5.44. The third-order valence-corrected chi connectivity index (χ3v) is 6.94. The Kier molecular flexibility index (Phi) is 6.40. The molecular weight excluding hydrogens is 396 g/mol. The molecule has 1 heterocycles. The van der Waals surface area contributed by atoms with E-state index in [9.17, 15) is 9.59 Å². The number of halogens is 1. The van der Waals surface area contributed by atoms with Crippen LogP contribution in [0.1, 0.15) is 54.7 Å². The van der Waals surface area contributed by atoms with E-state index in [0.29, 0.717) is 23.8 Å². The van der Waals surface area contributed by atoms with E-state index >= 15 is 0 Å². The summed E-state index contributed by atoms with van der Waals surface area (Å²) in [5.74, 6) is 0.360. The molecule has 0 atom stereocenters. The van der Waals surface area contributed by atoms with Gasteiger partial charge in [-0.3, -0.25) is 9.59 Å². The van der Waals surface area contributed by atoms with E-state index < -0.39 is 5.92 Å². The van der Waals surface area contributed by atoms with Crippen molar-refractivity contribution in [2.45, 2.75) is 51.9 Å². The monoisotopic (exact) mass is 424 g/mol. The lowest BCUT2D eigenvalue weighted by Crippen LogP contribution is -2.34. The van der Waals surface area contributed by atoms with Crippen molar-refractivity contribution < 1.29 is 14.3 Å². The Balaban J connectivity index is 1.54. The molecular formula is C26H29ClO3. The first-order valence-corrected chi connectivity index (χ1v) is 11.3. The summed E-state index contributed by atoms with van der Waals surface area (Å²) in [6, 6.07) is 11.9. The molecule has 4 heteroatoms. The Hall–Kier alpha value is -1.97. The van der Waals surface area contributed by atoms with Gasteiger partial charge in [-0.1, -0.05) is 35.9 Å². The molecule has 2 aromatic rings. The summed E-state index contributed by atoms with van der Waals surface area (Å²) in [7, 11) is 0. The van der Waals surface area contributed by atoms with Crippen molar-refractivity contribution in [1.82, 2.24) is 0 Å². The first kappa shape index (κ1) is 21.3. The SMILES string of the molecule is Cc1cc(-c2ccc(Cl)cc2)cc(C)c1C1C(=O)CC(CC2CCOCC2)CC1=O. The first-order chi connectivity index (χ1) is 14.4. The Morgan fingerprint density at radius 2 is 1.43 bits per heavy atom. The van der Waals surface area contributed by atoms with Crippen LogP contribution in [0.3, 0.4) is 0 Å². The Bertz CT molecular complexity index is 900. The number of carbonyl (C=O) groups is 2. The quantitative estimate of drug-likeness (QED) is 0.559. The molecule has 158 valence electrons. The zero-order valence-electron chi connectivity index (χ0n) is 17.7. The highest BCUT2D eigenvalue weighted by molar-refractivity contribution is 6.30.